The summed E-state index contributed by atoms with van der Waals surface area (Å²) in [5, 5.41) is 3.56. The van der Waals surface area contributed by atoms with Gasteiger partial charge in [-0.05, 0) is 51.4 Å². The third-order valence-electron chi connectivity index (χ3n) is 9.31. The average Bonchev–Trinajstić information content (AvgIpc) is 3.89. The van der Waals surface area contributed by atoms with Crippen LogP contribution in [0.3, 0.4) is 0 Å². The molecule has 0 aliphatic carbocycles. The van der Waals surface area contributed by atoms with Crippen LogP contribution in [-0.2, 0) is 0 Å². The SMILES string of the molecule is CCCCOc1c2cc(N3CCCC3)oc2c(OCCCC)c2c(OCCCC)c3cc(N4CCCC4)oc3c(OCCCC)c12. The molecule has 252 valence electrons. The fourth-order valence-corrected chi connectivity index (χ4v) is 6.62. The number of unbranched alkanes of at least 4 members (excludes halogenated alkanes) is 4. The van der Waals surface area contributed by atoms with E-state index in [9.17, 15) is 0 Å². The van der Waals surface area contributed by atoms with Gasteiger partial charge in [0.25, 0.3) is 0 Å². The van der Waals surface area contributed by atoms with Crippen molar-refractivity contribution in [3.63, 3.8) is 0 Å². The monoisotopic (exact) mass is 634 g/mol. The van der Waals surface area contributed by atoms with Crippen LogP contribution in [0.1, 0.15) is 105 Å². The molecule has 2 aromatic carbocycles. The summed E-state index contributed by atoms with van der Waals surface area (Å²) in [6.45, 7) is 15.1. The van der Waals surface area contributed by atoms with Gasteiger partial charge in [0.15, 0.2) is 34.4 Å². The first-order chi connectivity index (χ1) is 22.7. The number of furan rings is 2. The maximum absolute atomic E-state index is 6.79. The summed E-state index contributed by atoms with van der Waals surface area (Å²) in [4.78, 5) is 4.67. The lowest BCUT2D eigenvalue weighted by Gasteiger charge is -2.21. The minimum absolute atomic E-state index is 0.583. The predicted octanol–water partition coefficient (Wildman–Crippen LogP) is 10.2. The molecule has 8 heteroatoms. The molecule has 6 rings (SSSR count). The molecule has 2 aliphatic rings. The Morgan fingerprint density at radius 2 is 0.826 bits per heavy atom. The van der Waals surface area contributed by atoms with E-state index in [-0.39, 0.29) is 0 Å². The summed E-state index contributed by atoms with van der Waals surface area (Å²) in [6.07, 6.45) is 12.6. The first-order valence-electron chi connectivity index (χ1n) is 18.2. The normalized spacial score (nSPS) is 15.2. The molecule has 4 aromatic rings. The molecular formula is C38H54N2O6. The number of rotatable bonds is 18. The first kappa shape index (κ1) is 32.5. The fourth-order valence-electron chi connectivity index (χ4n) is 6.62. The molecule has 46 heavy (non-hydrogen) atoms. The lowest BCUT2D eigenvalue weighted by Crippen LogP contribution is -2.16. The summed E-state index contributed by atoms with van der Waals surface area (Å²) in [6, 6.07) is 4.31. The molecule has 0 unspecified atom stereocenters. The van der Waals surface area contributed by atoms with E-state index in [0.717, 1.165) is 134 Å². The molecule has 2 aliphatic heterocycles. The quantitative estimate of drug-likeness (QED) is 0.100. The van der Waals surface area contributed by atoms with Gasteiger partial charge in [0.1, 0.15) is 11.5 Å². The summed E-state index contributed by atoms with van der Waals surface area (Å²) < 4.78 is 40.7. The van der Waals surface area contributed by atoms with Crippen molar-refractivity contribution in [1.82, 2.24) is 0 Å². The molecular weight excluding hydrogens is 580 g/mol. The van der Waals surface area contributed by atoms with Crippen molar-refractivity contribution in [3.05, 3.63) is 12.1 Å². The molecule has 0 amide bonds. The Labute approximate surface area is 274 Å². The minimum Gasteiger partial charge on any atom is -0.492 e. The molecule has 0 radical (unpaired) electrons. The van der Waals surface area contributed by atoms with Gasteiger partial charge >= 0.3 is 0 Å². The average molecular weight is 635 g/mol. The van der Waals surface area contributed by atoms with Gasteiger partial charge in [0, 0.05) is 38.3 Å². The summed E-state index contributed by atoms with van der Waals surface area (Å²) >= 11 is 0. The Hall–Kier alpha value is -3.42. The lowest BCUT2D eigenvalue weighted by atomic mass is 10.0. The van der Waals surface area contributed by atoms with Crippen molar-refractivity contribution >= 4 is 44.5 Å². The molecule has 8 nitrogen and oxygen atoms in total. The van der Waals surface area contributed by atoms with Crippen LogP contribution >= 0.6 is 0 Å². The van der Waals surface area contributed by atoms with Crippen LogP contribution in [0, 0.1) is 0 Å². The van der Waals surface area contributed by atoms with Crippen LogP contribution in [0.2, 0.25) is 0 Å². The third-order valence-corrected chi connectivity index (χ3v) is 9.31. The number of ether oxygens (including phenoxy) is 4. The Morgan fingerprint density at radius 1 is 0.500 bits per heavy atom. The van der Waals surface area contributed by atoms with Crippen LogP contribution in [0.4, 0.5) is 11.8 Å². The van der Waals surface area contributed by atoms with E-state index in [1.807, 2.05) is 0 Å². The number of anilines is 2. The van der Waals surface area contributed by atoms with E-state index < -0.39 is 0 Å². The van der Waals surface area contributed by atoms with Gasteiger partial charge in [-0.2, -0.15) is 0 Å². The topological polar surface area (TPSA) is 69.7 Å². The Kier molecular flexibility index (Phi) is 10.9. The molecule has 0 N–H and O–H groups in total. The molecule has 2 aromatic heterocycles. The van der Waals surface area contributed by atoms with Gasteiger partial charge in [-0.1, -0.05) is 53.4 Å². The Balaban J connectivity index is 1.70. The molecule has 0 atom stereocenters. The van der Waals surface area contributed by atoms with E-state index in [1.165, 1.54) is 25.7 Å². The Bertz CT molecular complexity index is 1370. The molecule has 0 saturated carbocycles. The highest BCUT2D eigenvalue weighted by atomic mass is 16.5. The van der Waals surface area contributed by atoms with Crippen LogP contribution in [0.25, 0.3) is 32.7 Å². The van der Waals surface area contributed by atoms with Gasteiger partial charge in [0.05, 0.1) is 48.0 Å². The zero-order valence-corrected chi connectivity index (χ0v) is 28.6. The van der Waals surface area contributed by atoms with Crippen molar-refractivity contribution in [2.75, 3.05) is 62.4 Å². The second kappa shape index (κ2) is 15.4. The summed E-state index contributed by atoms with van der Waals surface area (Å²) in [5.74, 6) is 4.69. The van der Waals surface area contributed by atoms with Gasteiger partial charge < -0.3 is 37.6 Å². The van der Waals surface area contributed by atoms with Gasteiger partial charge in [-0.25, -0.2) is 0 Å². The molecule has 0 bridgehead atoms. The zero-order chi connectivity index (χ0) is 31.9. The van der Waals surface area contributed by atoms with Crippen LogP contribution < -0.4 is 28.7 Å². The standard InChI is InChI=1S/C38H54N2O6/c1-5-9-21-41-33-27-25-29(39-17-13-14-18-39)45-35(27)38(44-24-12-8-4)32-31(33)37(43-23-11-7-3)36-28(34(32)42-22-10-6-2)26-30(46-36)40-19-15-16-20-40/h25-26H,5-24H2,1-4H3. The Morgan fingerprint density at radius 3 is 1.15 bits per heavy atom. The second-order valence-corrected chi connectivity index (χ2v) is 12.9. The van der Waals surface area contributed by atoms with Crippen molar-refractivity contribution < 1.29 is 27.8 Å². The van der Waals surface area contributed by atoms with E-state index in [4.69, 9.17) is 27.8 Å². The minimum atomic E-state index is 0.583. The molecule has 2 fully saturated rings. The van der Waals surface area contributed by atoms with Gasteiger partial charge in [0.2, 0.25) is 0 Å². The molecule has 4 heterocycles. The first-order valence-corrected chi connectivity index (χ1v) is 18.2. The number of nitrogens with zero attached hydrogens (tertiary/aromatic N) is 2. The third kappa shape index (κ3) is 6.54. The van der Waals surface area contributed by atoms with Crippen LogP contribution in [-0.4, -0.2) is 52.6 Å². The highest BCUT2D eigenvalue weighted by Gasteiger charge is 2.32. The fraction of sp³-hybridized carbons (Fsp3) is 0.632. The predicted molar refractivity (Wildman–Crippen MR) is 188 cm³/mol. The number of benzene rings is 2. The summed E-state index contributed by atoms with van der Waals surface area (Å²) in [7, 11) is 0. The van der Waals surface area contributed by atoms with Crippen molar-refractivity contribution in [3.8, 4) is 23.0 Å². The molecule has 2 saturated heterocycles. The van der Waals surface area contributed by atoms with E-state index in [0.29, 0.717) is 37.9 Å². The second-order valence-electron chi connectivity index (χ2n) is 12.9. The lowest BCUT2D eigenvalue weighted by molar-refractivity contribution is 0.295. The van der Waals surface area contributed by atoms with Crippen LogP contribution in [0.5, 0.6) is 23.0 Å². The van der Waals surface area contributed by atoms with Crippen molar-refractivity contribution in [1.29, 1.82) is 0 Å². The summed E-state index contributed by atoms with van der Waals surface area (Å²) in [5.41, 5.74) is 1.44. The van der Waals surface area contributed by atoms with Crippen molar-refractivity contribution in [2.24, 2.45) is 0 Å². The highest BCUT2D eigenvalue weighted by molar-refractivity contribution is 6.21. The van der Waals surface area contributed by atoms with Gasteiger partial charge in [-0.3, -0.25) is 0 Å². The van der Waals surface area contributed by atoms with Gasteiger partial charge in [-0.15, -0.1) is 0 Å². The van der Waals surface area contributed by atoms with E-state index in [1.54, 1.807) is 0 Å². The maximum Gasteiger partial charge on any atom is 0.197 e. The highest BCUT2D eigenvalue weighted by Crippen LogP contribution is 2.56. The zero-order valence-electron chi connectivity index (χ0n) is 28.6. The smallest absolute Gasteiger partial charge is 0.197 e. The number of hydrogen-bond donors (Lipinski definition) is 0. The molecule has 0 spiro atoms. The van der Waals surface area contributed by atoms with Crippen molar-refractivity contribution in [2.45, 2.75) is 105 Å². The van der Waals surface area contributed by atoms with E-state index >= 15 is 0 Å². The number of hydrogen-bond acceptors (Lipinski definition) is 8. The largest absolute Gasteiger partial charge is 0.492 e. The van der Waals surface area contributed by atoms with E-state index in [2.05, 4.69) is 49.6 Å². The number of fused-ring (bicyclic) bond motifs is 3. The van der Waals surface area contributed by atoms with Crippen LogP contribution in [0.15, 0.2) is 21.0 Å². The maximum atomic E-state index is 6.79.